The molecular formula is C14H18BrNO. The van der Waals surface area contributed by atoms with Gasteiger partial charge in [-0.25, -0.2) is 0 Å². The number of hydrogen-bond acceptors (Lipinski definition) is 2. The van der Waals surface area contributed by atoms with Crippen LogP contribution in [0.3, 0.4) is 0 Å². The molecule has 0 aliphatic carbocycles. The molecule has 0 saturated carbocycles. The Balaban J connectivity index is 2.19. The van der Waals surface area contributed by atoms with Gasteiger partial charge in [0, 0.05) is 22.1 Å². The Morgan fingerprint density at radius 2 is 2.06 bits per heavy atom. The summed E-state index contributed by atoms with van der Waals surface area (Å²) in [6.45, 7) is 7.65. The van der Waals surface area contributed by atoms with Crippen LogP contribution in [0.15, 0.2) is 22.7 Å². The first-order valence-corrected chi connectivity index (χ1v) is 6.74. The van der Waals surface area contributed by atoms with Gasteiger partial charge >= 0.3 is 0 Å². The van der Waals surface area contributed by atoms with E-state index in [0.29, 0.717) is 12.3 Å². The fourth-order valence-electron chi connectivity index (χ4n) is 2.07. The highest BCUT2D eigenvalue weighted by Gasteiger charge is 2.33. The van der Waals surface area contributed by atoms with Crippen LogP contribution in [0.1, 0.15) is 25.8 Å². The fourth-order valence-corrected chi connectivity index (χ4v) is 2.31. The van der Waals surface area contributed by atoms with Crippen LogP contribution in [0.4, 0.5) is 5.69 Å². The monoisotopic (exact) mass is 295 g/mol. The second-order valence-corrected chi connectivity index (χ2v) is 6.27. The number of ketones is 1. The number of rotatable bonds is 1. The minimum Gasteiger partial charge on any atom is -0.364 e. The Kier molecular flexibility index (Phi) is 3.30. The Morgan fingerprint density at radius 3 is 2.65 bits per heavy atom. The number of piperidine rings is 1. The summed E-state index contributed by atoms with van der Waals surface area (Å²) < 4.78 is 1.12. The lowest BCUT2D eigenvalue weighted by Crippen LogP contribution is -2.45. The normalized spacial score (nSPS) is 19.5. The van der Waals surface area contributed by atoms with E-state index in [-0.39, 0.29) is 5.41 Å². The third-order valence-corrected chi connectivity index (χ3v) is 4.49. The van der Waals surface area contributed by atoms with Gasteiger partial charge in [0.05, 0.1) is 6.54 Å². The smallest absolute Gasteiger partial charge is 0.157 e. The molecular weight excluding hydrogens is 278 g/mol. The van der Waals surface area contributed by atoms with Gasteiger partial charge in [-0.05, 0) is 37.1 Å². The second-order valence-electron chi connectivity index (χ2n) is 5.41. The van der Waals surface area contributed by atoms with Gasteiger partial charge in [-0.3, -0.25) is 4.79 Å². The molecule has 0 N–H and O–H groups in total. The van der Waals surface area contributed by atoms with Crippen LogP contribution in [0.2, 0.25) is 0 Å². The molecule has 0 unspecified atom stereocenters. The highest BCUT2D eigenvalue weighted by atomic mass is 79.9. The standard InChI is InChI=1S/C14H18BrNO/c1-10-8-11(4-5-12(10)15)16-7-6-14(2,3)13(17)9-16/h4-5,8H,6-7,9H2,1-3H3. The van der Waals surface area contributed by atoms with Crippen molar-refractivity contribution in [1.82, 2.24) is 0 Å². The Bertz CT molecular complexity index is 454. The highest BCUT2D eigenvalue weighted by Crippen LogP contribution is 2.31. The molecule has 0 amide bonds. The summed E-state index contributed by atoms with van der Waals surface area (Å²) in [5.74, 6) is 0.337. The SMILES string of the molecule is Cc1cc(N2CCC(C)(C)C(=O)C2)ccc1Br. The predicted molar refractivity (Wildman–Crippen MR) is 74.5 cm³/mol. The van der Waals surface area contributed by atoms with Crippen LogP contribution in [0.25, 0.3) is 0 Å². The van der Waals surface area contributed by atoms with Gasteiger partial charge in [0.25, 0.3) is 0 Å². The van der Waals surface area contributed by atoms with Crippen molar-refractivity contribution in [2.75, 3.05) is 18.0 Å². The van der Waals surface area contributed by atoms with Crippen LogP contribution in [0.5, 0.6) is 0 Å². The maximum absolute atomic E-state index is 12.0. The molecule has 2 nitrogen and oxygen atoms in total. The van der Waals surface area contributed by atoms with E-state index in [1.165, 1.54) is 5.56 Å². The van der Waals surface area contributed by atoms with E-state index >= 15 is 0 Å². The van der Waals surface area contributed by atoms with Crippen molar-refractivity contribution in [2.24, 2.45) is 5.41 Å². The largest absolute Gasteiger partial charge is 0.364 e. The molecule has 0 radical (unpaired) electrons. The number of halogens is 1. The van der Waals surface area contributed by atoms with Gasteiger partial charge in [-0.15, -0.1) is 0 Å². The average Bonchev–Trinajstić information content (AvgIpc) is 2.26. The first-order valence-electron chi connectivity index (χ1n) is 5.94. The molecule has 1 aromatic carbocycles. The molecule has 17 heavy (non-hydrogen) atoms. The van der Waals surface area contributed by atoms with E-state index in [0.717, 1.165) is 23.1 Å². The summed E-state index contributed by atoms with van der Waals surface area (Å²) in [6.07, 6.45) is 0.931. The first kappa shape index (κ1) is 12.6. The van der Waals surface area contributed by atoms with E-state index < -0.39 is 0 Å². The molecule has 0 spiro atoms. The topological polar surface area (TPSA) is 20.3 Å². The van der Waals surface area contributed by atoms with Crippen molar-refractivity contribution in [3.05, 3.63) is 28.2 Å². The quantitative estimate of drug-likeness (QED) is 0.789. The number of aryl methyl sites for hydroxylation is 1. The number of Topliss-reactive ketones (excluding diaryl/α,β-unsaturated/α-hetero) is 1. The highest BCUT2D eigenvalue weighted by molar-refractivity contribution is 9.10. The maximum Gasteiger partial charge on any atom is 0.157 e. The van der Waals surface area contributed by atoms with Crippen molar-refractivity contribution < 1.29 is 4.79 Å². The molecule has 0 aromatic heterocycles. The third-order valence-electron chi connectivity index (χ3n) is 3.60. The zero-order valence-electron chi connectivity index (χ0n) is 10.6. The summed E-state index contributed by atoms with van der Waals surface area (Å²) in [5, 5.41) is 0. The molecule has 0 atom stereocenters. The molecule has 3 heteroatoms. The number of carbonyl (C=O) groups is 1. The number of hydrogen-bond donors (Lipinski definition) is 0. The zero-order valence-corrected chi connectivity index (χ0v) is 12.2. The van der Waals surface area contributed by atoms with Crippen LogP contribution < -0.4 is 4.90 Å². The van der Waals surface area contributed by atoms with Crippen molar-refractivity contribution in [3.8, 4) is 0 Å². The van der Waals surface area contributed by atoms with Crippen LogP contribution in [-0.2, 0) is 4.79 Å². The van der Waals surface area contributed by atoms with E-state index in [1.54, 1.807) is 0 Å². The number of nitrogens with zero attached hydrogens (tertiary/aromatic N) is 1. The van der Waals surface area contributed by atoms with E-state index in [2.05, 4.69) is 46.0 Å². The van der Waals surface area contributed by atoms with E-state index in [9.17, 15) is 4.79 Å². The van der Waals surface area contributed by atoms with E-state index in [4.69, 9.17) is 0 Å². The molecule has 92 valence electrons. The number of anilines is 1. The average molecular weight is 296 g/mol. The van der Waals surface area contributed by atoms with Crippen molar-refractivity contribution >= 4 is 27.4 Å². The molecule has 1 aliphatic rings. The third kappa shape index (κ3) is 2.54. The van der Waals surface area contributed by atoms with Gasteiger partial charge in [0.15, 0.2) is 5.78 Å². The molecule has 1 fully saturated rings. The summed E-state index contributed by atoms with van der Waals surface area (Å²) in [7, 11) is 0. The molecule has 1 aromatic rings. The van der Waals surface area contributed by atoms with Crippen LogP contribution in [-0.4, -0.2) is 18.9 Å². The predicted octanol–water partition coefficient (Wildman–Crippen LogP) is 3.56. The summed E-state index contributed by atoms with van der Waals surface area (Å²) in [5.41, 5.74) is 2.20. The van der Waals surface area contributed by atoms with Crippen LogP contribution in [0, 0.1) is 12.3 Å². The second kappa shape index (κ2) is 4.45. The van der Waals surface area contributed by atoms with Gasteiger partial charge in [0.1, 0.15) is 0 Å². The Morgan fingerprint density at radius 1 is 1.35 bits per heavy atom. The fraction of sp³-hybridized carbons (Fsp3) is 0.500. The lowest BCUT2D eigenvalue weighted by molar-refractivity contribution is -0.127. The summed E-state index contributed by atoms with van der Waals surface area (Å²) in [4.78, 5) is 14.2. The van der Waals surface area contributed by atoms with Crippen molar-refractivity contribution in [3.63, 3.8) is 0 Å². The van der Waals surface area contributed by atoms with E-state index in [1.807, 2.05) is 13.8 Å². The minimum atomic E-state index is -0.152. The lowest BCUT2D eigenvalue weighted by atomic mass is 9.81. The summed E-state index contributed by atoms with van der Waals surface area (Å²) >= 11 is 3.50. The zero-order chi connectivity index (χ0) is 12.6. The van der Waals surface area contributed by atoms with Gasteiger partial charge < -0.3 is 4.90 Å². The summed E-state index contributed by atoms with van der Waals surface area (Å²) in [6, 6.07) is 6.26. The molecule has 2 rings (SSSR count). The van der Waals surface area contributed by atoms with Gasteiger partial charge in [-0.1, -0.05) is 29.8 Å². The molecule has 1 saturated heterocycles. The van der Waals surface area contributed by atoms with Gasteiger partial charge in [0.2, 0.25) is 0 Å². The van der Waals surface area contributed by atoms with Crippen molar-refractivity contribution in [2.45, 2.75) is 27.2 Å². The lowest BCUT2D eigenvalue weighted by Gasteiger charge is -2.37. The first-order chi connectivity index (χ1) is 7.90. The van der Waals surface area contributed by atoms with Gasteiger partial charge in [-0.2, -0.15) is 0 Å². The number of benzene rings is 1. The minimum absolute atomic E-state index is 0.152. The maximum atomic E-state index is 12.0. The van der Waals surface area contributed by atoms with Crippen LogP contribution >= 0.6 is 15.9 Å². The molecule has 1 heterocycles. The molecule has 1 aliphatic heterocycles. The Hall–Kier alpha value is -0.830. The van der Waals surface area contributed by atoms with Crippen molar-refractivity contribution in [1.29, 1.82) is 0 Å². The Labute approximate surface area is 111 Å². The molecule has 0 bridgehead atoms. The number of carbonyl (C=O) groups excluding carboxylic acids is 1.